The fourth-order valence-corrected chi connectivity index (χ4v) is 2.69. The van der Waals surface area contributed by atoms with Gasteiger partial charge in [-0.1, -0.05) is 18.2 Å². The van der Waals surface area contributed by atoms with Crippen LogP contribution in [0.2, 0.25) is 0 Å². The summed E-state index contributed by atoms with van der Waals surface area (Å²) in [6.07, 6.45) is 2.96. The van der Waals surface area contributed by atoms with Crippen LogP contribution in [0, 0.1) is 0 Å². The molecule has 0 aliphatic carbocycles. The van der Waals surface area contributed by atoms with E-state index in [0.717, 1.165) is 24.3 Å². The third-order valence-electron chi connectivity index (χ3n) is 3.89. The highest BCUT2D eigenvalue weighted by atomic mass is 16.5. The molecule has 0 unspecified atom stereocenters. The molecule has 2 rings (SSSR count). The number of piperazine rings is 1. The predicted octanol–water partition coefficient (Wildman–Crippen LogP) is 0.415. The van der Waals surface area contributed by atoms with E-state index in [4.69, 9.17) is 5.21 Å². The Morgan fingerprint density at radius 1 is 1.21 bits per heavy atom. The second kappa shape index (κ2) is 8.47. The molecule has 24 heavy (non-hydrogen) atoms. The Balaban J connectivity index is 2.03. The number of carbonyl (C=O) groups is 2. The number of nitrogens with one attached hydrogen (secondary N) is 1. The van der Waals surface area contributed by atoms with E-state index in [1.807, 2.05) is 48.2 Å². The van der Waals surface area contributed by atoms with Gasteiger partial charge in [0.2, 0.25) is 5.91 Å². The number of para-hydroxylation sites is 1. The quantitative estimate of drug-likeness (QED) is 0.464. The molecule has 1 aliphatic rings. The number of benzene rings is 1. The first kappa shape index (κ1) is 18.0. The molecular weight excluding hydrogens is 308 g/mol. The second-order valence-corrected chi connectivity index (χ2v) is 5.97. The number of hydroxylamine groups is 1. The molecule has 1 aromatic rings. The molecule has 2 N–H and O–H groups in total. The van der Waals surface area contributed by atoms with Crippen LogP contribution in [0.3, 0.4) is 0 Å². The number of amides is 2. The third-order valence-corrected chi connectivity index (χ3v) is 3.89. The van der Waals surface area contributed by atoms with Crippen molar-refractivity contribution in [1.82, 2.24) is 15.3 Å². The number of anilines is 1. The summed E-state index contributed by atoms with van der Waals surface area (Å²) in [5, 5.41) is 8.57. The molecule has 0 spiro atoms. The van der Waals surface area contributed by atoms with Crippen LogP contribution < -0.4 is 10.4 Å². The normalized spacial score (nSPS) is 15.2. The minimum atomic E-state index is -0.566. The monoisotopic (exact) mass is 332 g/mol. The van der Waals surface area contributed by atoms with E-state index < -0.39 is 5.91 Å². The Bertz CT molecular complexity index is 608. The van der Waals surface area contributed by atoms with Gasteiger partial charge in [0, 0.05) is 37.9 Å². The van der Waals surface area contributed by atoms with Crippen LogP contribution in [0.25, 0.3) is 6.08 Å². The summed E-state index contributed by atoms with van der Waals surface area (Å²) < 4.78 is 0. The van der Waals surface area contributed by atoms with Crippen molar-refractivity contribution in [1.29, 1.82) is 0 Å². The number of hydrogen-bond donors (Lipinski definition) is 2. The fraction of sp³-hybridized carbons (Fsp3) is 0.412. The van der Waals surface area contributed by atoms with Gasteiger partial charge in [-0.3, -0.25) is 14.8 Å². The Morgan fingerprint density at radius 2 is 1.88 bits per heavy atom. The van der Waals surface area contributed by atoms with Crippen molar-refractivity contribution >= 4 is 23.6 Å². The third kappa shape index (κ3) is 4.81. The van der Waals surface area contributed by atoms with Crippen molar-refractivity contribution in [2.75, 3.05) is 51.7 Å². The molecule has 1 aliphatic heterocycles. The van der Waals surface area contributed by atoms with Gasteiger partial charge in [-0.15, -0.1) is 0 Å². The van der Waals surface area contributed by atoms with Gasteiger partial charge in [0.05, 0.1) is 6.54 Å². The molecule has 0 atom stereocenters. The maximum absolute atomic E-state index is 12.1. The van der Waals surface area contributed by atoms with E-state index >= 15 is 0 Å². The molecule has 7 heteroatoms. The Hall–Kier alpha value is -2.38. The van der Waals surface area contributed by atoms with E-state index in [0.29, 0.717) is 19.6 Å². The first-order valence-electron chi connectivity index (χ1n) is 7.90. The Morgan fingerprint density at radius 3 is 2.50 bits per heavy atom. The summed E-state index contributed by atoms with van der Waals surface area (Å²) in [6.45, 7) is 3.28. The van der Waals surface area contributed by atoms with Crippen molar-refractivity contribution in [2.24, 2.45) is 0 Å². The summed E-state index contributed by atoms with van der Waals surface area (Å²) in [4.78, 5) is 29.2. The topological polar surface area (TPSA) is 76.1 Å². The molecule has 0 bridgehead atoms. The van der Waals surface area contributed by atoms with Crippen molar-refractivity contribution < 1.29 is 14.8 Å². The van der Waals surface area contributed by atoms with Crippen LogP contribution >= 0.6 is 0 Å². The second-order valence-electron chi connectivity index (χ2n) is 5.97. The van der Waals surface area contributed by atoms with Crippen molar-refractivity contribution in [3.8, 4) is 0 Å². The molecule has 1 saturated heterocycles. The van der Waals surface area contributed by atoms with Crippen molar-refractivity contribution in [3.05, 3.63) is 35.9 Å². The highest BCUT2D eigenvalue weighted by molar-refractivity contribution is 5.91. The highest BCUT2D eigenvalue weighted by Crippen LogP contribution is 2.23. The van der Waals surface area contributed by atoms with Crippen molar-refractivity contribution in [3.63, 3.8) is 0 Å². The van der Waals surface area contributed by atoms with Gasteiger partial charge >= 0.3 is 0 Å². The zero-order valence-electron chi connectivity index (χ0n) is 14.1. The van der Waals surface area contributed by atoms with Gasteiger partial charge in [0.15, 0.2) is 0 Å². The lowest BCUT2D eigenvalue weighted by atomic mass is 10.1. The lowest BCUT2D eigenvalue weighted by Crippen LogP contribution is -2.50. The molecule has 0 radical (unpaired) electrons. The van der Waals surface area contributed by atoms with E-state index in [9.17, 15) is 9.59 Å². The largest absolute Gasteiger partial charge is 0.367 e. The lowest BCUT2D eigenvalue weighted by Gasteiger charge is -2.37. The standard InChI is InChI=1S/C17H24N4O3/c1-19(2)13-17(23)21-11-9-20(10-12-21)15-6-4-3-5-14(15)7-8-16(22)18-24/h3-8,24H,9-13H2,1-2H3,(H,18,22)/b8-7+. The predicted molar refractivity (Wildman–Crippen MR) is 92.8 cm³/mol. The number of rotatable bonds is 5. The van der Waals surface area contributed by atoms with Gasteiger partial charge in [-0.2, -0.15) is 0 Å². The summed E-state index contributed by atoms with van der Waals surface area (Å²) in [6, 6.07) is 7.76. The number of carbonyl (C=O) groups excluding carboxylic acids is 2. The van der Waals surface area contributed by atoms with Crippen LogP contribution in [0.15, 0.2) is 30.3 Å². The zero-order chi connectivity index (χ0) is 17.5. The molecule has 1 aromatic carbocycles. The van der Waals surface area contributed by atoms with Crippen LogP contribution in [0.5, 0.6) is 0 Å². The SMILES string of the molecule is CN(C)CC(=O)N1CCN(c2ccccc2/C=C/C(=O)NO)CC1. The summed E-state index contributed by atoms with van der Waals surface area (Å²) in [5.74, 6) is -0.420. The molecule has 7 nitrogen and oxygen atoms in total. The molecule has 1 fully saturated rings. The summed E-state index contributed by atoms with van der Waals surface area (Å²) in [5.41, 5.74) is 3.49. The minimum Gasteiger partial charge on any atom is -0.367 e. The molecule has 2 amide bonds. The minimum absolute atomic E-state index is 0.146. The molecule has 0 aromatic heterocycles. The highest BCUT2D eigenvalue weighted by Gasteiger charge is 2.22. The van der Waals surface area contributed by atoms with Gasteiger partial charge in [-0.05, 0) is 31.8 Å². The van der Waals surface area contributed by atoms with E-state index in [1.54, 1.807) is 11.6 Å². The van der Waals surface area contributed by atoms with Crippen LogP contribution in [0.4, 0.5) is 5.69 Å². The zero-order valence-corrected chi connectivity index (χ0v) is 14.1. The Labute approximate surface area is 142 Å². The molecular formula is C17H24N4O3. The smallest absolute Gasteiger partial charge is 0.267 e. The maximum atomic E-state index is 12.1. The van der Waals surface area contributed by atoms with Crippen LogP contribution in [0.1, 0.15) is 5.56 Å². The average molecular weight is 332 g/mol. The van der Waals surface area contributed by atoms with Gasteiger partial charge < -0.3 is 14.7 Å². The van der Waals surface area contributed by atoms with Crippen molar-refractivity contribution in [2.45, 2.75) is 0 Å². The number of hydrogen-bond acceptors (Lipinski definition) is 5. The van der Waals surface area contributed by atoms with Gasteiger partial charge in [-0.25, -0.2) is 5.48 Å². The maximum Gasteiger partial charge on any atom is 0.267 e. The van der Waals surface area contributed by atoms with Gasteiger partial charge in [0.25, 0.3) is 5.91 Å². The molecule has 0 saturated carbocycles. The number of nitrogens with zero attached hydrogens (tertiary/aromatic N) is 3. The first-order valence-corrected chi connectivity index (χ1v) is 7.90. The summed E-state index contributed by atoms with van der Waals surface area (Å²) in [7, 11) is 3.78. The Kier molecular flexibility index (Phi) is 6.34. The van der Waals surface area contributed by atoms with Crippen LogP contribution in [-0.2, 0) is 9.59 Å². The first-order chi connectivity index (χ1) is 11.5. The fourth-order valence-electron chi connectivity index (χ4n) is 2.69. The molecule has 130 valence electrons. The van der Waals surface area contributed by atoms with Gasteiger partial charge in [0.1, 0.15) is 0 Å². The van der Waals surface area contributed by atoms with E-state index in [-0.39, 0.29) is 5.91 Å². The summed E-state index contributed by atoms with van der Waals surface area (Å²) >= 11 is 0. The number of likely N-dealkylation sites (N-methyl/N-ethyl adjacent to an activating group) is 1. The van der Waals surface area contributed by atoms with Crippen LogP contribution in [-0.4, -0.2) is 73.6 Å². The van der Waals surface area contributed by atoms with E-state index in [1.165, 1.54) is 6.08 Å². The average Bonchev–Trinajstić information content (AvgIpc) is 2.59. The van der Waals surface area contributed by atoms with E-state index in [2.05, 4.69) is 4.90 Å². The lowest BCUT2D eigenvalue weighted by molar-refractivity contribution is -0.132. The molecule has 1 heterocycles.